The second kappa shape index (κ2) is 9.84. The minimum absolute atomic E-state index is 0.0208. The minimum atomic E-state index is -0.0475. The zero-order valence-corrected chi connectivity index (χ0v) is 25.7. The number of ether oxygens (including phenoxy) is 1. The molecule has 5 nitrogen and oxygen atoms in total. The monoisotopic (exact) mass is 565 g/mol. The van der Waals surface area contributed by atoms with Crippen molar-refractivity contribution in [2.75, 3.05) is 0 Å². The van der Waals surface area contributed by atoms with E-state index in [0.29, 0.717) is 0 Å². The van der Waals surface area contributed by atoms with Crippen LogP contribution in [0.1, 0.15) is 47.1 Å². The molecule has 7 rings (SSSR count). The minimum Gasteiger partial charge on any atom is -0.457 e. The van der Waals surface area contributed by atoms with Gasteiger partial charge in [0.1, 0.15) is 28.5 Å². The van der Waals surface area contributed by atoms with Crippen LogP contribution in [0.4, 0.5) is 0 Å². The summed E-state index contributed by atoms with van der Waals surface area (Å²) in [4.78, 5) is 4.82. The smallest absolute Gasteiger partial charge is 0.250 e. The molecule has 0 bridgehead atoms. The molecule has 0 saturated heterocycles. The average Bonchev–Trinajstić information content (AvgIpc) is 3.53. The van der Waals surface area contributed by atoms with Gasteiger partial charge in [-0.15, -0.1) is 0 Å². The van der Waals surface area contributed by atoms with Gasteiger partial charge in [0.2, 0.25) is 6.33 Å². The van der Waals surface area contributed by atoms with Gasteiger partial charge >= 0.3 is 0 Å². The number of hydrogen-bond donors (Lipinski definition) is 0. The summed E-state index contributed by atoms with van der Waals surface area (Å²) in [6.45, 7) is 13.4. The summed E-state index contributed by atoms with van der Waals surface area (Å²) >= 11 is 0. The molecule has 0 spiro atoms. The van der Waals surface area contributed by atoms with E-state index in [9.17, 15) is 0 Å². The Labute approximate surface area is 252 Å². The standard InChI is InChI=1S/C38H37N4O/c1-37(2,3)26-20-21-39-36(22-26)42-32-15-8-7-14-30(32)31-19-18-29(24-35(31)42)43-28-13-11-12-27(23-28)40-25-41(38(4,5)6)34-17-10-9-16-33(34)40/h7-25H,1-6H3/q+1. The number of rotatable bonds is 4. The predicted molar refractivity (Wildman–Crippen MR) is 176 cm³/mol. The van der Waals surface area contributed by atoms with Crippen LogP contribution in [0.2, 0.25) is 0 Å². The van der Waals surface area contributed by atoms with Gasteiger partial charge < -0.3 is 4.74 Å². The first-order valence-corrected chi connectivity index (χ1v) is 14.9. The Hall–Kier alpha value is -4.90. The first-order valence-electron chi connectivity index (χ1n) is 14.9. The van der Waals surface area contributed by atoms with Crippen LogP contribution in [-0.4, -0.2) is 14.1 Å². The third kappa shape index (κ3) is 4.75. The molecule has 0 aliphatic heterocycles. The molecule has 43 heavy (non-hydrogen) atoms. The van der Waals surface area contributed by atoms with Crippen molar-refractivity contribution in [2.24, 2.45) is 0 Å². The highest BCUT2D eigenvalue weighted by atomic mass is 16.5. The summed E-state index contributed by atoms with van der Waals surface area (Å²) in [6.07, 6.45) is 4.10. The second-order valence-electron chi connectivity index (χ2n) is 13.3. The summed E-state index contributed by atoms with van der Waals surface area (Å²) in [5.41, 5.74) is 6.82. The molecule has 3 heterocycles. The van der Waals surface area contributed by atoms with Crippen LogP contribution in [-0.2, 0) is 11.0 Å². The number of imidazole rings is 1. The van der Waals surface area contributed by atoms with Crippen LogP contribution >= 0.6 is 0 Å². The van der Waals surface area contributed by atoms with Gasteiger partial charge in [-0.25, -0.2) is 9.55 Å². The predicted octanol–water partition coefficient (Wildman–Crippen LogP) is 9.25. The SMILES string of the molecule is CC(C)(C)c1ccnc(-n2c3ccccc3c3ccc(Oc4cccc(-n5c[n+](C(C)(C)C)c6ccccc65)c4)cc32)c1. The maximum Gasteiger partial charge on any atom is 0.250 e. The van der Waals surface area contributed by atoms with E-state index in [0.717, 1.165) is 39.6 Å². The zero-order chi connectivity index (χ0) is 29.9. The van der Waals surface area contributed by atoms with Crippen molar-refractivity contribution in [2.45, 2.75) is 52.5 Å². The van der Waals surface area contributed by atoms with Crippen molar-refractivity contribution in [1.82, 2.24) is 14.1 Å². The molecule has 0 aliphatic rings. The Morgan fingerprint density at radius 2 is 1.37 bits per heavy atom. The summed E-state index contributed by atoms with van der Waals surface area (Å²) in [5.74, 6) is 2.47. The Morgan fingerprint density at radius 1 is 0.651 bits per heavy atom. The summed E-state index contributed by atoms with van der Waals surface area (Å²) in [5, 5.41) is 2.37. The summed E-state index contributed by atoms with van der Waals surface area (Å²) in [7, 11) is 0. The van der Waals surface area contributed by atoms with Crippen LogP contribution in [0, 0.1) is 0 Å². The van der Waals surface area contributed by atoms with E-state index in [1.165, 1.54) is 21.9 Å². The van der Waals surface area contributed by atoms with Gasteiger partial charge in [0.05, 0.1) is 11.0 Å². The van der Waals surface area contributed by atoms with Gasteiger partial charge in [0.25, 0.3) is 0 Å². The largest absolute Gasteiger partial charge is 0.457 e. The van der Waals surface area contributed by atoms with Crippen molar-refractivity contribution in [1.29, 1.82) is 0 Å². The normalized spacial score (nSPS) is 12.4. The molecule has 3 aromatic heterocycles. The molecule has 0 atom stereocenters. The average molecular weight is 566 g/mol. The second-order valence-corrected chi connectivity index (χ2v) is 13.3. The fraction of sp³-hybridized carbons (Fsp3) is 0.211. The lowest BCUT2D eigenvalue weighted by atomic mass is 9.88. The van der Waals surface area contributed by atoms with Crippen molar-refractivity contribution in [3.8, 4) is 23.0 Å². The lowest BCUT2D eigenvalue weighted by molar-refractivity contribution is -0.731. The lowest BCUT2D eigenvalue weighted by Crippen LogP contribution is -2.49. The Kier molecular flexibility index (Phi) is 6.17. The van der Waals surface area contributed by atoms with Gasteiger partial charge in [-0.1, -0.05) is 57.2 Å². The number of nitrogens with zero attached hydrogens (tertiary/aromatic N) is 4. The number of fused-ring (bicyclic) bond motifs is 4. The molecule has 0 unspecified atom stereocenters. The van der Waals surface area contributed by atoms with Gasteiger partial charge in [-0.05, 0) is 86.3 Å². The van der Waals surface area contributed by atoms with E-state index in [1.54, 1.807) is 0 Å². The molecular weight excluding hydrogens is 528 g/mol. The molecule has 0 saturated carbocycles. The van der Waals surface area contributed by atoms with Crippen LogP contribution in [0.3, 0.4) is 0 Å². The van der Waals surface area contributed by atoms with Crippen LogP contribution in [0.15, 0.2) is 116 Å². The maximum atomic E-state index is 6.55. The van der Waals surface area contributed by atoms with Crippen molar-refractivity contribution in [3.05, 3.63) is 121 Å². The summed E-state index contributed by atoms with van der Waals surface area (Å²) < 4.78 is 13.4. The van der Waals surface area contributed by atoms with Crippen LogP contribution in [0.5, 0.6) is 11.5 Å². The number of hydrogen-bond acceptors (Lipinski definition) is 2. The van der Waals surface area contributed by atoms with E-state index >= 15 is 0 Å². The molecule has 5 heteroatoms. The molecule has 214 valence electrons. The Balaban J connectivity index is 1.32. The fourth-order valence-corrected chi connectivity index (χ4v) is 5.95. The third-order valence-corrected chi connectivity index (χ3v) is 8.17. The Bertz CT molecular complexity index is 2140. The van der Waals surface area contributed by atoms with Crippen molar-refractivity contribution in [3.63, 3.8) is 0 Å². The molecular formula is C38H37N4O+. The molecule has 0 amide bonds. The van der Waals surface area contributed by atoms with Crippen molar-refractivity contribution < 1.29 is 9.30 Å². The molecule has 4 aromatic carbocycles. The first kappa shape index (κ1) is 27.0. The van der Waals surface area contributed by atoms with Gasteiger partial charge in [-0.3, -0.25) is 4.57 Å². The van der Waals surface area contributed by atoms with Gasteiger partial charge in [-0.2, -0.15) is 4.57 Å². The summed E-state index contributed by atoms with van der Waals surface area (Å²) in [6, 6.07) is 36.0. The first-order chi connectivity index (χ1) is 20.6. The number of benzene rings is 4. The van der Waals surface area contributed by atoms with E-state index in [-0.39, 0.29) is 11.0 Å². The quantitative estimate of drug-likeness (QED) is 0.199. The maximum absolute atomic E-state index is 6.55. The highest BCUT2D eigenvalue weighted by molar-refractivity contribution is 6.09. The number of pyridine rings is 1. The van der Waals surface area contributed by atoms with Crippen LogP contribution < -0.4 is 9.30 Å². The van der Waals surface area contributed by atoms with E-state index in [2.05, 4.69) is 159 Å². The molecule has 0 N–H and O–H groups in total. The molecule has 0 aliphatic carbocycles. The fourth-order valence-electron chi connectivity index (χ4n) is 5.95. The number of para-hydroxylation sites is 3. The number of aromatic nitrogens is 4. The van der Waals surface area contributed by atoms with E-state index in [1.807, 2.05) is 12.3 Å². The highest BCUT2D eigenvalue weighted by Crippen LogP contribution is 2.36. The van der Waals surface area contributed by atoms with E-state index in [4.69, 9.17) is 9.72 Å². The van der Waals surface area contributed by atoms with E-state index < -0.39 is 0 Å². The molecule has 0 fully saturated rings. The topological polar surface area (TPSA) is 35.9 Å². The third-order valence-electron chi connectivity index (χ3n) is 8.17. The Morgan fingerprint density at radius 3 is 2.16 bits per heavy atom. The van der Waals surface area contributed by atoms with Gasteiger partial charge in [0, 0.05) is 29.1 Å². The zero-order valence-electron chi connectivity index (χ0n) is 25.7. The highest BCUT2D eigenvalue weighted by Gasteiger charge is 2.26. The van der Waals surface area contributed by atoms with Gasteiger partial charge in [0.15, 0.2) is 11.0 Å². The lowest BCUT2D eigenvalue weighted by Gasteiger charge is -2.20. The molecule has 7 aromatic rings. The van der Waals surface area contributed by atoms with Crippen LogP contribution in [0.25, 0.3) is 44.3 Å². The molecule has 0 radical (unpaired) electrons. The van der Waals surface area contributed by atoms with Crippen molar-refractivity contribution >= 4 is 32.8 Å².